The molecule has 28 heavy (non-hydrogen) atoms. The summed E-state index contributed by atoms with van der Waals surface area (Å²) in [5, 5.41) is 0. The topological polar surface area (TPSA) is 36.7 Å². The third-order valence-corrected chi connectivity index (χ3v) is 5.72. The van der Waals surface area contributed by atoms with E-state index < -0.39 is 0 Å². The molecule has 0 atom stereocenters. The molecular formula is C25H29N2O+. The first-order chi connectivity index (χ1) is 13.3. The average molecular weight is 374 g/mol. The lowest BCUT2D eigenvalue weighted by Crippen LogP contribution is -2.34. The van der Waals surface area contributed by atoms with E-state index in [4.69, 9.17) is 0 Å². The van der Waals surface area contributed by atoms with Crippen molar-refractivity contribution in [1.82, 2.24) is 4.98 Å². The molecule has 3 aromatic rings. The van der Waals surface area contributed by atoms with E-state index in [9.17, 15) is 4.79 Å². The van der Waals surface area contributed by atoms with Crippen LogP contribution in [-0.2, 0) is 12.8 Å². The third-order valence-electron chi connectivity index (χ3n) is 5.72. The number of aromatic nitrogens is 2. The first-order valence-electron chi connectivity index (χ1n) is 10.2. The van der Waals surface area contributed by atoms with Crippen LogP contribution in [0.15, 0.2) is 54.9 Å². The second kappa shape index (κ2) is 7.05. The number of nitrogens with zero attached hydrogens (tertiary/aromatic N) is 1. The second-order valence-electron chi connectivity index (χ2n) is 9.06. The first-order valence-corrected chi connectivity index (χ1v) is 10.2. The summed E-state index contributed by atoms with van der Waals surface area (Å²) < 4.78 is 2.19. The lowest BCUT2D eigenvalue weighted by Gasteiger charge is -2.28. The fourth-order valence-corrected chi connectivity index (χ4v) is 4.30. The monoisotopic (exact) mass is 373 g/mol. The van der Waals surface area contributed by atoms with Gasteiger partial charge in [-0.2, -0.15) is 0 Å². The lowest BCUT2D eigenvalue weighted by atomic mass is 9.75. The zero-order valence-electron chi connectivity index (χ0n) is 17.3. The minimum absolute atomic E-state index is 0.00752. The van der Waals surface area contributed by atoms with E-state index >= 15 is 0 Å². The molecule has 0 aliphatic heterocycles. The van der Waals surface area contributed by atoms with Gasteiger partial charge in [-0.3, -0.25) is 4.79 Å². The summed E-state index contributed by atoms with van der Waals surface area (Å²) in [4.78, 5) is 16.7. The van der Waals surface area contributed by atoms with Gasteiger partial charge in [-0.25, -0.2) is 4.57 Å². The summed E-state index contributed by atoms with van der Waals surface area (Å²) in [7, 11) is 0. The number of carbonyl (C=O) groups excluding carboxylic acids is 1. The smallest absolute Gasteiger partial charge is 0.169 e. The number of aromatic amines is 1. The molecule has 0 amide bonds. The Morgan fingerprint density at radius 3 is 2.36 bits per heavy atom. The van der Waals surface area contributed by atoms with Crippen molar-refractivity contribution in [2.24, 2.45) is 5.41 Å². The number of pyridine rings is 1. The molecule has 1 aromatic carbocycles. The maximum absolute atomic E-state index is 13.1. The van der Waals surface area contributed by atoms with Crippen LogP contribution in [-0.4, -0.2) is 10.8 Å². The minimum Gasteiger partial charge on any atom is -0.358 e. The molecule has 4 rings (SSSR count). The van der Waals surface area contributed by atoms with E-state index in [1.54, 1.807) is 0 Å². The molecule has 3 nitrogen and oxygen atoms in total. The highest BCUT2D eigenvalue weighted by Crippen LogP contribution is 2.40. The number of hydrogen-bond acceptors (Lipinski definition) is 1. The van der Waals surface area contributed by atoms with Gasteiger partial charge in [0.15, 0.2) is 24.2 Å². The van der Waals surface area contributed by atoms with E-state index in [2.05, 4.69) is 86.0 Å². The Hall–Kier alpha value is -2.68. The fraction of sp³-hybridized carbons (Fsp3) is 0.360. The van der Waals surface area contributed by atoms with Crippen LogP contribution in [0, 0.1) is 5.41 Å². The van der Waals surface area contributed by atoms with Crippen molar-refractivity contribution in [2.75, 3.05) is 0 Å². The van der Waals surface area contributed by atoms with Gasteiger partial charge < -0.3 is 4.98 Å². The summed E-state index contributed by atoms with van der Waals surface area (Å²) in [5.41, 5.74) is 6.65. The van der Waals surface area contributed by atoms with Crippen LogP contribution in [0.25, 0.3) is 11.3 Å². The largest absolute Gasteiger partial charge is 0.358 e. The van der Waals surface area contributed by atoms with Crippen molar-refractivity contribution in [2.45, 2.75) is 53.0 Å². The standard InChI is InChI=1S/C25H28N2O/c1-17(2)27-12-10-19(11-13-27)24-20(14-18-8-6-5-7-9-18)23-21(26-24)15-25(3,4)16-22(23)28/h5-13,17H,14-16H2,1-4H3/p+1. The van der Waals surface area contributed by atoms with E-state index in [0.717, 1.165) is 40.9 Å². The Morgan fingerprint density at radius 1 is 1.04 bits per heavy atom. The molecular weight excluding hydrogens is 344 g/mol. The Labute approximate surface area is 167 Å². The Kier molecular flexibility index (Phi) is 4.70. The van der Waals surface area contributed by atoms with Gasteiger partial charge in [-0.05, 0) is 36.8 Å². The number of H-pyrrole nitrogens is 1. The molecule has 0 bridgehead atoms. The van der Waals surface area contributed by atoms with Crippen LogP contribution in [0.1, 0.15) is 67.3 Å². The minimum atomic E-state index is 0.00752. The Morgan fingerprint density at radius 2 is 1.71 bits per heavy atom. The molecule has 1 aliphatic rings. The van der Waals surface area contributed by atoms with Crippen molar-refractivity contribution < 1.29 is 9.36 Å². The molecule has 0 fully saturated rings. The molecule has 144 valence electrons. The number of benzene rings is 1. The van der Waals surface area contributed by atoms with Crippen molar-refractivity contribution in [3.05, 3.63) is 77.2 Å². The molecule has 3 heteroatoms. The van der Waals surface area contributed by atoms with Gasteiger partial charge in [0.25, 0.3) is 0 Å². The quantitative estimate of drug-likeness (QED) is 0.619. The normalized spacial score (nSPS) is 15.7. The molecule has 0 saturated carbocycles. The number of nitrogens with one attached hydrogen (secondary N) is 1. The lowest BCUT2D eigenvalue weighted by molar-refractivity contribution is -0.716. The number of hydrogen-bond donors (Lipinski definition) is 1. The highest BCUT2D eigenvalue weighted by Gasteiger charge is 2.35. The maximum atomic E-state index is 13.1. The van der Waals surface area contributed by atoms with Crippen molar-refractivity contribution in [3.8, 4) is 11.3 Å². The highest BCUT2D eigenvalue weighted by atomic mass is 16.1. The predicted molar refractivity (Wildman–Crippen MR) is 112 cm³/mol. The van der Waals surface area contributed by atoms with Gasteiger partial charge in [0, 0.05) is 41.8 Å². The average Bonchev–Trinajstić information content (AvgIpc) is 2.99. The SMILES string of the molecule is CC(C)[n+]1ccc(-c2[nH]c3c(c2Cc2ccccc2)C(=O)CC(C)(C)C3)cc1. The Balaban J connectivity index is 1.84. The summed E-state index contributed by atoms with van der Waals surface area (Å²) in [6, 6.07) is 15.2. The third kappa shape index (κ3) is 3.54. The summed E-state index contributed by atoms with van der Waals surface area (Å²) in [6.45, 7) is 8.71. The number of ketones is 1. The zero-order chi connectivity index (χ0) is 19.9. The molecule has 0 unspecified atom stereocenters. The summed E-state index contributed by atoms with van der Waals surface area (Å²) >= 11 is 0. The van der Waals surface area contributed by atoms with Crippen LogP contribution >= 0.6 is 0 Å². The van der Waals surface area contributed by atoms with Gasteiger partial charge in [0.05, 0.1) is 5.69 Å². The molecule has 2 heterocycles. The van der Waals surface area contributed by atoms with Gasteiger partial charge in [-0.1, -0.05) is 44.2 Å². The van der Waals surface area contributed by atoms with E-state index in [0.29, 0.717) is 12.5 Å². The zero-order valence-corrected chi connectivity index (χ0v) is 17.3. The van der Waals surface area contributed by atoms with Crippen LogP contribution in [0.3, 0.4) is 0 Å². The van der Waals surface area contributed by atoms with E-state index in [-0.39, 0.29) is 11.2 Å². The van der Waals surface area contributed by atoms with Gasteiger partial charge in [0.1, 0.15) is 0 Å². The second-order valence-corrected chi connectivity index (χ2v) is 9.06. The molecule has 1 N–H and O–H groups in total. The van der Waals surface area contributed by atoms with E-state index in [1.807, 2.05) is 6.07 Å². The van der Waals surface area contributed by atoms with Crippen LogP contribution in [0.4, 0.5) is 0 Å². The van der Waals surface area contributed by atoms with Gasteiger partial charge in [0.2, 0.25) is 0 Å². The summed E-state index contributed by atoms with van der Waals surface area (Å²) in [6.07, 6.45) is 6.54. The molecule has 0 spiro atoms. The molecule has 0 radical (unpaired) electrons. The number of Topliss-reactive ketones (excluding diaryl/α,β-unsaturated/α-hetero) is 1. The van der Waals surface area contributed by atoms with Crippen molar-refractivity contribution >= 4 is 5.78 Å². The van der Waals surface area contributed by atoms with Gasteiger partial charge >= 0.3 is 0 Å². The maximum Gasteiger partial charge on any atom is 0.169 e. The summed E-state index contributed by atoms with van der Waals surface area (Å²) in [5.74, 6) is 0.271. The Bertz CT molecular complexity index is 995. The van der Waals surface area contributed by atoms with Crippen molar-refractivity contribution in [3.63, 3.8) is 0 Å². The van der Waals surface area contributed by atoms with Gasteiger partial charge in [-0.15, -0.1) is 0 Å². The van der Waals surface area contributed by atoms with Crippen LogP contribution in [0.5, 0.6) is 0 Å². The van der Waals surface area contributed by atoms with E-state index in [1.165, 1.54) is 5.56 Å². The first kappa shape index (κ1) is 18.7. The highest BCUT2D eigenvalue weighted by molar-refractivity contribution is 6.02. The molecule has 0 saturated heterocycles. The predicted octanol–water partition coefficient (Wildman–Crippen LogP) is 5.30. The van der Waals surface area contributed by atoms with Crippen LogP contribution in [0.2, 0.25) is 0 Å². The van der Waals surface area contributed by atoms with Crippen LogP contribution < -0.4 is 4.57 Å². The number of rotatable bonds is 4. The number of carbonyl (C=O) groups is 1. The molecule has 2 aromatic heterocycles. The number of fused-ring (bicyclic) bond motifs is 1. The van der Waals surface area contributed by atoms with Crippen molar-refractivity contribution in [1.29, 1.82) is 0 Å². The fourth-order valence-electron chi connectivity index (χ4n) is 4.30. The molecule has 1 aliphatic carbocycles.